The van der Waals surface area contributed by atoms with Crippen LogP contribution < -0.4 is 5.32 Å². The molecule has 0 aliphatic rings. The quantitative estimate of drug-likeness (QED) is 0.752. The van der Waals surface area contributed by atoms with Crippen LogP contribution in [0.1, 0.15) is 30.5 Å². The van der Waals surface area contributed by atoms with Gasteiger partial charge >= 0.3 is 0 Å². The monoisotopic (exact) mass is 332 g/mol. The average Bonchev–Trinajstić information content (AvgIpc) is 2.69. The van der Waals surface area contributed by atoms with Crippen LogP contribution in [0.15, 0.2) is 67.3 Å². The Morgan fingerprint density at radius 1 is 1.04 bits per heavy atom. The summed E-state index contributed by atoms with van der Waals surface area (Å²) in [5.41, 5.74) is 3.37. The molecule has 0 fully saturated rings. The number of hydrogen-bond acceptors (Lipinski definition) is 4. The van der Waals surface area contributed by atoms with E-state index in [9.17, 15) is 4.79 Å². The molecule has 0 aliphatic heterocycles. The highest BCUT2D eigenvalue weighted by molar-refractivity contribution is 5.83. The van der Waals surface area contributed by atoms with Gasteiger partial charge in [-0.25, -0.2) is 0 Å². The summed E-state index contributed by atoms with van der Waals surface area (Å²) < 4.78 is 0. The summed E-state index contributed by atoms with van der Waals surface area (Å²) in [6.07, 6.45) is 7.48. The van der Waals surface area contributed by atoms with Crippen molar-refractivity contribution in [2.75, 3.05) is 0 Å². The maximum atomic E-state index is 12.6. The van der Waals surface area contributed by atoms with Crippen LogP contribution >= 0.6 is 0 Å². The summed E-state index contributed by atoms with van der Waals surface area (Å²) in [5.74, 6) is -0.170. The molecule has 0 radical (unpaired) electrons. The fourth-order valence-electron chi connectivity index (χ4n) is 2.79. The van der Waals surface area contributed by atoms with E-state index >= 15 is 0 Å². The number of carbonyl (C=O) groups excluding carboxylic acids is 1. The number of amides is 1. The maximum Gasteiger partial charge on any atom is 0.227 e. The highest BCUT2D eigenvalue weighted by Crippen LogP contribution is 2.21. The van der Waals surface area contributed by atoms with Crippen molar-refractivity contribution in [2.45, 2.75) is 25.8 Å². The largest absolute Gasteiger partial charge is 0.350 e. The molecule has 126 valence electrons. The van der Waals surface area contributed by atoms with Crippen LogP contribution in [0.3, 0.4) is 0 Å². The zero-order chi connectivity index (χ0) is 17.5. The number of aromatic nitrogens is 3. The Bertz CT molecular complexity index is 821. The molecule has 5 heteroatoms. The van der Waals surface area contributed by atoms with Crippen molar-refractivity contribution in [3.8, 4) is 11.3 Å². The number of pyridine rings is 1. The molecule has 25 heavy (non-hydrogen) atoms. The van der Waals surface area contributed by atoms with Gasteiger partial charge in [-0.1, -0.05) is 37.3 Å². The lowest BCUT2D eigenvalue weighted by atomic mass is 9.95. The minimum atomic E-state index is -0.167. The highest BCUT2D eigenvalue weighted by Gasteiger charge is 2.19. The summed E-state index contributed by atoms with van der Waals surface area (Å²) in [4.78, 5) is 25.5. The van der Waals surface area contributed by atoms with E-state index in [1.165, 1.54) is 0 Å². The Morgan fingerprint density at radius 3 is 2.56 bits per heavy atom. The molecule has 5 nitrogen and oxygen atoms in total. The van der Waals surface area contributed by atoms with Crippen LogP contribution in [-0.2, 0) is 11.3 Å². The van der Waals surface area contributed by atoms with Crippen molar-refractivity contribution in [1.82, 2.24) is 20.3 Å². The van der Waals surface area contributed by atoms with E-state index in [1.807, 2.05) is 49.4 Å². The molecule has 0 unspecified atom stereocenters. The van der Waals surface area contributed by atoms with Crippen LogP contribution in [-0.4, -0.2) is 20.9 Å². The number of hydrogen-bond donors (Lipinski definition) is 1. The standard InChI is InChI=1S/C20H20N4O/c1-2-17(15-7-4-3-5-8-15)20(25)24-14-18-19(23-12-11-22-18)16-9-6-10-21-13-16/h3-13,17H,2,14H2,1H3,(H,24,25)/t17-/m0/s1. The maximum absolute atomic E-state index is 12.6. The third-order valence-electron chi connectivity index (χ3n) is 4.07. The summed E-state index contributed by atoms with van der Waals surface area (Å²) in [5, 5.41) is 3.00. The minimum Gasteiger partial charge on any atom is -0.350 e. The van der Waals surface area contributed by atoms with Crippen molar-refractivity contribution in [1.29, 1.82) is 0 Å². The molecule has 1 N–H and O–H groups in total. The lowest BCUT2D eigenvalue weighted by Crippen LogP contribution is -2.29. The molecule has 3 rings (SSSR count). The molecule has 1 aromatic carbocycles. The smallest absolute Gasteiger partial charge is 0.227 e. The zero-order valence-corrected chi connectivity index (χ0v) is 14.1. The number of carbonyl (C=O) groups is 1. The normalized spacial score (nSPS) is 11.7. The highest BCUT2D eigenvalue weighted by atomic mass is 16.1. The number of nitrogens with one attached hydrogen (secondary N) is 1. The molecule has 0 spiro atoms. The second-order valence-electron chi connectivity index (χ2n) is 5.68. The summed E-state index contributed by atoms with van der Waals surface area (Å²) in [6.45, 7) is 2.35. The van der Waals surface area contributed by atoms with Gasteiger partial charge < -0.3 is 5.32 Å². The van der Waals surface area contributed by atoms with Crippen LogP contribution in [0.25, 0.3) is 11.3 Å². The molecule has 0 aliphatic carbocycles. The van der Waals surface area contributed by atoms with Gasteiger partial charge in [0.25, 0.3) is 0 Å². The van der Waals surface area contributed by atoms with Gasteiger partial charge in [-0.05, 0) is 24.1 Å². The predicted molar refractivity (Wildman–Crippen MR) is 96.6 cm³/mol. The van der Waals surface area contributed by atoms with E-state index in [2.05, 4.69) is 20.3 Å². The first-order valence-electron chi connectivity index (χ1n) is 8.32. The van der Waals surface area contributed by atoms with E-state index in [0.717, 1.165) is 28.9 Å². The second kappa shape index (κ2) is 8.15. The molecule has 0 bridgehead atoms. The average molecular weight is 332 g/mol. The van der Waals surface area contributed by atoms with Crippen molar-refractivity contribution >= 4 is 5.91 Å². The van der Waals surface area contributed by atoms with Crippen LogP contribution in [0.4, 0.5) is 0 Å². The third-order valence-corrected chi connectivity index (χ3v) is 4.07. The second-order valence-corrected chi connectivity index (χ2v) is 5.68. The SMILES string of the molecule is CC[C@H](C(=O)NCc1nccnc1-c1cccnc1)c1ccccc1. The molecular weight excluding hydrogens is 312 g/mol. The van der Waals surface area contributed by atoms with Gasteiger partial charge in [0.2, 0.25) is 5.91 Å². The molecule has 2 aromatic heterocycles. The zero-order valence-electron chi connectivity index (χ0n) is 14.1. The molecule has 1 atom stereocenters. The van der Waals surface area contributed by atoms with E-state index in [0.29, 0.717) is 6.54 Å². The van der Waals surface area contributed by atoms with E-state index in [4.69, 9.17) is 0 Å². The van der Waals surface area contributed by atoms with E-state index < -0.39 is 0 Å². The molecule has 0 saturated carbocycles. The molecule has 3 aromatic rings. The Morgan fingerprint density at radius 2 is 1.84 bits per heavy atom. The van der Waals surface area contributed by atoms with E-state index in [1.54, 1.807) is 24.8 Å². The molecule has 2 heterocycles. The predicted octanol–water partition coefficient (Wildman–Crippen LogP) is 3.35. The lowest BCUT2D eigenvalue weighted by molar-refractivity contribution is -0.122. The number of benzene rings is 1. The van der Waals surface area contributed by atoms with Gasteiger partial charge in [0, 0.05) is 30.4 Å². The van der Waals surface area contributed by atoms with Gasteiger partial charge in [0.1, 0.15) is 0 Å². The minimum absolute atomic E-state index is 0.00325. The number of nitrogens with zero attached hydrogens (tertiary/aromatic N) is 3. The van der Waals surface area contributed by atoms with Crippen LogP contribution in [0.2, 0.25) is 0 Å². The first-order valence-corrected chi connectivity index (χ1v) is 8.32. The first kappa shape index (κ1) is 16.8. The molecule has 0 saturated heterocycles. The van der Waals surface area contributed by atoms with Gasteiger partial charge in [0.15, 0.2) is 0 Å². The van der Waals surface area contributed by atoms with Gasteiger partial charge in [-0.15, -0.1) is 0 Å². The van der Waals surface area contributed by atoms with Crippen molar-refractivity contribution < 1.29 is 4.79 Å². The number of rotatable bonds is 6. The fraction of sp³-hybridized carbons (Fsp3) is 0.200. The lowest BCUT2D eigenvalue weighted by Gasteiger charge is -2.16. The summed E-state index contributed by atoms with van der Waals surface area (Å²) in [6, 6.07) is 13.6. The Labute approximate surface area is 147 Å². The van der Waals surface area contributed by atoms with Crippen LogP contribution in [0, 0.1) is 0 Å². The van der Waals surface area contributed by atoms with Gasteiger partial charge in [-0.3, -0.25) is 19.7 Å². The topological polar surface area (TPSA) is 67.8 Å². The van der Waals surface area contributed by atoms with Crippen molar-refractivity contribution in [3.63, 3.8) is 0 Å². The summed E-state index contributed by atoms with van der Waals surface area (Å²) in [7, 11) is 0. The Hall–Kier alpha value is -3.08. The third kappa shape index (κ3) is 4.07. The van der Waals surface area contributed by atoms with Gasteiger partial charge in [-0.2, -0.15) is 0 Å². The summed E-state index contributed by atoms with van der Waals surface area (Å²) >= 11 is 0. The Kier molecular flexibility index (Phi) is 5.46. The van der Waals surface area contributed by atoms with E-state index in [-0.39, 0.29) is 11.8 Å². The fourth-order valence-corrected chi connectivity index (χ4v) is 2.79. The molecular formula is C20H20N4O. The van der Waals surface area contributed by atoms with Crippen molar-refractivity contribution in [2.24, 2.45) is 0 Å². The Balaban J connectivity index is 1.75. The first-order chi connectivity index (χ1) is 12.3. The molecule has 1 amide bonds. The van der Waals surface area contributed by atoms with Crippen molar-refractivity contribution in [3.05, 3.63) is 78.5 Å². The van der Waals surface area contributed by atoms with Gasteiger partial charge in [0.05, 0.1) is 23.9 Å². The van der Waals surface area contributed by atoms with Crippen LogP contribution in [0.5, 0.6) is 0 Å².